The molecule has 3 aromatic rings. The molecular weight excluding hydrogens is 523 g/mol. The molecule has 7 nitrogen and oxygen atoms in total. The van der Waals surface area contributed by atoms with E-state index in [0.717, 1.165) is 44.4 Å². The molecule has 4 N–H and O–H groups in total. The molecule has 0 radical (unpaired) electrons. The van der Waals surface area contributed by atoms with Crippen LogP contribution in [0.1, 0.15) is 51.9 Å². The number of hydrogen-bond acceptors (Lipinski definition) is 7. The van der Waals surface area contributed by atoms with E-state index in [0.29, 0.717) is 11.3 Å². The summed E-state index contributed by atoms with van der Waals surface area (Å²) >= 11 is 3.91. The molecule has 2 aromatic heterocycles. The fourth-order valence-corrected chi connectivity index (χ4v) is 5.08. The summed E-state index contributed by atoms with van der Waals surface area (Å²) in [7, 11) is 1.67. The zero-order chi connectivity index (χ0) is 22.2. The van der Waals surface area contributed by atoms with Crippen molar-refractivity contribution in [2.75, 3.05) is 12.8 Å². The minimum Gasteiger partial charge on any atom is -0.497 e. The lowest BCUT2D eigenvalue weighted by molar-refractivity contribution is 0.413. The summed E-state index contributed by atoms with van der Waals surface area (Å²) in [5, 5.41) is 0.837. The molecule has 3 rings (SSSR count). The Balaban J connectivity index is 1.77. The van der Waals surface area contributed by atoms with Crippen molar-refractivity contribution in [1.82, 2.24) is 19.5 Å². The second kappa shape index (κ2) is 11.9. The Bertz CT molecular complexity index is 996. The van der Waals surface area contributed by atoms with Crippen molar-refractivity contribution in [3.8, 4) is 5.75 Å². The number of nitrogen functional groups attached to an aromatic ring is 1. The summed E-state index contributed by atoms with van der Waals surface area (Å²) < 4.78 is 8.64. The SMILES string of the molecule is CCCCCCCC(N)CCn1c(Sc2cc(OC)ccc2I)nc2c(N)ncnc21. The van der Waals surface area contributed by atoms with Gasteiger partial charge in [-0.25, -0.2) is 15.0 Å². The number of fused-ring (bicyclic) bond motifs is 1. The van der Waals surface area contributed by atoms with Crippen LogP contribution in [0, 0.1) is 3.57 Å². The van der Waals surface area contributed by atoms with Crippen molar-refractivity contribution in [2.24, 2.45) is 5.73 Å². The van der Waals surface area contributed by atoms with E-state index in [9.17, 15) is 0 Å². The van der Waals surface area contributed by atoms with Crippen LogP contribution in [0.15, 0.2) is 34.6 Å². The van der Waals surface area contributed by atoms with Crippen LogP contribution in [-0.2, 0) is 6.54 Å². The third-order valence-electron chi connectivity index (χ3n) is 5.27. The number of nitrogens with zero attached hydrogens (tertiary/aromatic N) is 4. The first-order valence-electron chi connectivity index (χ1n) is 10.8. The monoisotopic (exact) mass is 554 g/mol. The van der Waals surface area contributed by atoms with Crippen LogP contribution in [0.3, 0.4) is 0 Å². The highest BCUT2D eigenvalue weighted by Crippen LogP contribution is 2.35. The molecule has 0 bridgehead atoms. The van der Waals surface area contributed by atoms with Crippen molar-refractivity contribution >= 4 is 51.3 Å². The number of halogens is 1. The molecule has 31 heavy (non-hydrogen) atoms. The second-order valence-electron chi connectivity index (χ2n) is 7.63. The van der Waals surface area contributed by atoms with Crippen molar-refractivity contribution in [3.05, 3.63) is 28.1 Å². The van der Waals surface area contributed by atoms with Crippen LogP contribution in [0.4, 0.5) is 5.82 Å². The predicted octanol–water partition coefficient (Wildman–Crippen LogP) is 5.25. The average molecular weight is 555 g/mol. The molecule has 168 valence electrons. The van der Waals surface area contributed by atoms with Gasteiger partial charge in [0.05, 0.1) is 7.11 Å². The minimum atomic E-state index is 0.160. The van der Waals surface area contributed by atoms with E-state index in [1.165, 1.54) is 38.4 Å². The molecule has 1 aromatic carbocycles. The van der Waals surface area contributed by atoms with Crippen LogP contribution in [0.25, 0.3) is 11.2 Å². The van der Waals surface area contributed by atoms with E-state index in [2.05, 4.69) is 44.0 Å². The number of rotatable bonds is 12. The standard InChI is InChI=1S/C22H31IN6OS/c1-3-4-5-6-7-8-15(24)11-12-29-21-19(20(25)26-14-27-21)28-22(29)31-18-13-16(30-2)9-10-17(18)23/h9-10,13-15H,3-8,11-12,24H2,1-2H3,(H2,25,26,27). The predicted molar refractivity (Wildman–Crippen MR) is 136 cm³/mol. The molecule has 0 aliphatic rings. The summed E-state index contributed by atoms with van der Waals surface area (Å²) in [6, 6.07) is 6.18. The van der Waals surface area contributed by atoms with Crippen LogP contribution in [0.2, 0.25) is 0 Å². The molecular formula is C22H31IN6OS. The van der Waals surface area contributed by atoms with Gasteiger partial charge in [-0.05, 0) is 53.6 Å². The number of anilines is 1. The highest BCUT2D eigenvalue weighted by atomic mass is 127. The van der Waals surface area contributed by atoms with Crippen LogP contribution >= 0.6 is 34.4 Å². The first-order chi connectivity index (χ1) is 15.0. The van der Waals surface area contributed by atoms with E-state index < -0.39 is 0 Å². The molecule has 2 heterocycles. The van der Waals surface area contributed by atoms with Crippen molar-refractivity contribution in [2.45, 2.75) is 74.5 Å². The number of ether oxygens (including phenoxy) is 1. The third-order valence-corrected chi connectivity index (χ3v) is 7.63. The maximum Gasteiger partial charge on any atom is 0.175 e. The van der Waals surface area contributed by atoms with Crippen LogP contribution in [0.5, 0.6) is 5.75 Å². The zero-order valence-electron chi connectivity index (χ0n) is 18.2. The Morgan fingerprint density at radius 2 is 1.97 bits per heavy atom. The Labute approximate surface area is 201 Å². The van der Waals surface area contributed by atoms with Crippen molar-refractivity contribution in [1.29, 1.82) is 0 Å². The number of unbranched alkanes of at least 4 members (excludes halogenated alkanes) is 4. The summed E-state index contributed by atoms with van der Waals surface area (Å²) in [6.07, 6.45) is 9.71. The topological polar surface area (TPSA) is 105 Å². The molecule has 9 heteroatoms. The molecule has 0 saturated heterocycles. The van der Waals surface area contributed by atoms with Gasteiger partial charge in [0.2, 0.25) is 0 Å². The Hall–Kier alpha value is -1.59. The van der Waals surface area contributed by atoms with Gasteiger partial charge in [0.1, 0.15) is 12.1 Å². The fourth-order valence-electron chi connectivity index (χ4n) is 3.45. The molecule has 1 unspecified atom stereocenters. The van der Waals surface area contributed by atoms with Gasteiger partial charge in [0, 0.05) is 21.1 Å². The van der Waals surface area contributed by atoms with Gasteiger partial charge < -0.3 is 20.8 Å². The quantitative estimate of drug-likeness (QED) is 0.233. The van der Waals surface area contributed by atoms with Crippen LogP contribution in [-0.4, -0.2) is 32.7 Å². The van der Waals surface area contributed by atoms with Gasteiger partial charge in [-0.2, -0.15) is 0 Å². The van der Waals surface area contributed by atoms with Gasteiger partial charge in [-0.1, -0.05) is 50.8 Å². The molecule has 0 aliphatic heterocycles. The Morgan fingerprint density at radius 1 is 1.16 bits per heavy atom. The average Bonchev–Trinajstić information content (AvgIpc) is 3.12. The maximum absolute atomic E-state index is 6.43. The van der Waals surface area contributed by atoms with Gasteiger partial charge in [0.25, 0.3) is 0 Å². The van der Waals surface area contributed by atoms with E-state index in [-0.39, 0.29) is 6.04 Å². The van der Waals surface area contributed by atoms with Gasteiger partial charge in [-0.3, -0.25) is 0 Å². The first kappa shape index (κ1) is 24.1. The Kier molecular flexibility index (Phi) is 9.21. The van der Waals surface area contributed by atoms with E-state index >= 15 is 0 Å². The number of imidazole rings is 1. The minimum absolute atomic E-state index is 0.160. The lowest BCUT2D eigenvalue weighted by atomic mass is 10.0. The van der Waals surface area contributed by atoms with Crippen molar-refractivity contribution in [3.63, 3.8) is 0 Å². The Morgan fingerprint density at radius 3 is 2.74 bits per heavy atom. The van der Waals surface area contributed by atoms with Gasteiger partial charge in [0.15, 0.2) is 22.1 Å². The molecule has 0 aliphatic carbocycles. The summed E-state index contributed by atoms with van der Waals surface area (Å²) in [4.78, 5) is 14.4. The summed E-state index contributed by atoms with van der Waals surface area (Å²) in [6.45, 7) is 2.98. The van der Waals surface area contributed by atoms with E-state index in [1.54, 1.807) is 18.9 Å². The molecule has 1 atom stereocenters. The third kappa shape index (κ3) is 6.45. The second-order valence-corrected chi connectivity index (χ2v) is 9.80. The fraction of sp³-hybridized carbons (Fsp3) is 0.500. The maximum atomic E-state index is 6.43. The molecule has 0 amide bonds. The van der Waals surface area contributed by atoms with Crippen LogP contribution < -0.4 is 16.2 Å². The molecule has 0 fully saturated rings. The zero-order valence-corrected chi connectivity index (χ0v) is 21.2. The smallest absolute Gasteiger partial charge is 0.175 e. The summed E-state index contributed by atoms with van der Waals surface area (Å²) in [5.41, 5.74) is 13.9. The van der Waals surface area contributed by atoms with Crippen molar-refractivity contribution < 1.29 is 4.74 Å². The first-order valence-corrected chi connectivity index (χ1v) is 12.7. The van der Waals surface area contributed by atoms with Gasteiger partial charge >= 0.3 is 0 Å². The normalized spacial score (nSPS) is 12.4. The number of aryl methyl sites for hydroxylation is 1. The number of nitrogens with two attached hydrogens (primary N) is 2. The lowest BCUT2D eigenvalue weighted by Gasteiger charge is -2.14. The highest BCUT2D eigenvalue weighted by molar-refractivity contribution is 14.1. The number of methoxy groups -OCH3 is 1. The van der Waals surface area contributed by atoms with Gasteiger partial charge in [-0.15, -0.1) is 0 Å². The number of benzene rings is 1. The van der Waals surface area contributed by atoms with E-state index in [4.69, 9.17) is 21.2 Å². The largest absolute Gasteiger partial charge is 0.497 e. The highest BCUT2D eigenvalue weighted by Gasteiger charge is 2.18. The molecule has 0 spiro atoms. The van der Waals surface area contributed by atoms with E-state index in [1.807, 2.05) is 18.2 Å². The summed E-state index contributed by atoms with van der Waals surface area (Å²) in [5.74, 6) is 1.21. The number of aromatic nitrogens is 4. The number of hydrogen-bond donors (Lipinski definition) is 2. The lowest BCUT2D eigenvalue weighted by Crippen LogP contribution is -2.22. The molecule has 0 saturated carbocycles.